The van der Waals surface area contributed by atoms with Gasteiger partial charge in [-0.1, -0.05) is 30.3 Å². The lowest BCUT2D eigenvalue weighted by molar-refractivity contribution is 0.693. The molecule has 0 radical (unpaired) electrons. The van der Waals surface area contributed by atoms with Crippen LogP contribution < -0.4 is 11.1 Å². The molecule has 0 spiro atoms. The minimum absolute atomic E-state index is 0.202. The molecule has 1 rings (SSSR count). The van der Waals surface area contributed by atoms with Crippen LogP contribution >= 0.6 is 0 Å². The lowest BCUT2D eigenvalue weighted by Gasteiger charge is -2.12. The molecule has 3 N–H and O–H groups in total. The van der Waals surface area contributed by atoms with Crippen molar-refractivity contribution in [3.05, 3.63) is 35.9 Å². The summed E-state index contributed by atoms with van der Waals surface area (Å²) in [7, 11) is 0. The van der Waals surface area contributed by atoms with E-state index in [1.54, 1.807) is 0 Å². The fourth-order valence-electron chi connectivity index (χ4n) is 1.57. The smallest absolute Gasteiger partial charge is 0.189 e. The van der Waals surface area contributed by atoms with E-state index in [1.165, 1.54) is 5.56 Å². The highest BCUT2D eigenvalue weighted by Gasteiger charge is 2.03. The van der Waals surface area contributed by atoms with E-state index in [-0.39, 0.29) is 6.04 Å². The van der Waals surface area contributed by atoms with Crippen molar-refractivity contribution < 1.29 is 0 Å². The highest BCUT2D eigenvalue weighted by molar-refractivity contribution is 5.78. The number of hydrogen-bond acceptors (Lipinski definition) is 1. The molecule has 0 bridgehead atoms. The molecule has 0 aliphatic rings. The summed E-state index contributed by atoms with van der Waals surface area (Å²) < 4.78 is 0. The van der Waals surface area contributed by atoms with Gasteiger partial charge in [0.2, 0.25) is 0 Å². The van der Waals surface area contributed by atoms with Gasteiger partial charge in [0.05, 0.1) is 6.04 Å². The molecule has 0 amide bonds. The fraction of sp³-hybridized carbons (Fsp3) is 0.462. The van der Waals surface area contributed by atoms with E-state index in [0.29, 0.717) is 12.0 Å². The van der Waals surface area contributed by atoms with Gasteiger partial charge in [-0.15, -0.1) is 0 Å². The van der Waals surface area contributed by atoms with E-state index in [4.69, 9.17) is 5.73 Å². The summed E-state index contributed by atoms with van der Waals surface area (Å²) in [5.41, 5.74) is 7.06. The number of aliphatic imine (C=N–C) groups is 1. The number of benzene rings is 1. The number of guanidine groups is 1. The van der Waals surface area contributed by atoms with Gasteiger partial charge in [-0.25, -0.2) is 0 Å². The first kappa shape index (κ1) is 12.6. The van der Waals surface area contributed by atoms with Crippen LogP contribution in [-0.2, 0) is 6.42 Å². The molecule has 0 aromatic heterocycles. The molecule has 16 heavy (non-hydrogen) atoms. The van der Waals surface area contributed by atoms with Gasteiger partial charge in [-0.2, -0.15) is 0 Å². The zero-order valence-electron chi connectivity index (χ0n) is 10.3. The second kappa shape index (κ2) is 6.16. The SMILES string of the molecule is CC(Cc1ccccc1)N=C(N)NC(C)C. The summed E-state index contributed by atoms with van der Waals surface area (Å²) in [6.07, 6.45) is 0.918. The van der Waals surface area contributed by atoms with Crippen molar-refractivity contribution in [3.8, 4) is 0 Å². The summed E-state index contributed by atoms with van der Waals surface area (Å²) in [6.45, 7) is 6.16. The third-order valence-corrected chi connectivity index (χ3v) is 2.17. The number of nitrogens with one attached hydrogen (secondary N) is 1. The van der Waals surface area contributed by atoms with Gasteiger partial charge >= 0.3 is 0 Å². The lowest BCUT2D eigenvalue weighted by Crippen LogP contribution is -2.37. The van der Waals surface area contributed by atoms with Gasteiger partial charge in [0.25, 0.3) is 0 Å². The van der Waals surface area contributed by atoms with E-state index in [1.807, 2.05) is 32.0 Å². The zero-order chi connectivity index (χ0) is 12.0. The van der Waals surface area contributed by atoms with Gasteiger partial charge in [-0.05, 0) is 32.8 Å². The van der Waals surface area contributed by atoms with Crippen molar-refractivity contribution in [1.29, 1.82) is 0 Å². The van der Waals surface area contributed by atoms with Gasteiger partial charge in [0.1, 0.15) is 0 Å². The van der Waals surface area contributed by atoms with Crippen LogP contribution in [0.4, 0.5) is 0 Å². The third-order valence-electron chi connectivity index (χ3n) is 2.17. The molecule has 1 aromatic rings. The predicted molar refractivity (Wildman–Crippen MR) is 69.5 cm³/mol. The van der Waals surface area contributed by atoms with Gasteiger partial charge < -0.3 is 11.1 Å². The van der Waals surface area contributed by atoms with Crippen LogP contribution in [-0.4, -0.2) is 18.0 Å². The fourth-order valence-corrected chi connectivity index (χ4v) is 1.57. The largest absolute Gasteiger partial charge is 0.370 e. The van der Waals surface area contributed by atoms with Crippen LogP contribution in [0.5, 0.6) is 0 Å². The van der Waals surface area contributed by atoms with Gasteiger partial charge in [0.15, 0.2) is 5.96 Å². The van der Waals surface area contributed by atoms with Crippen molar-refractivity contribution in [1.82, 2.24) is 5.32 Å². The first-order valence-electron chi connectivity index (χ1n) is 5.71. The Hall–Kier alpha value is -1.51. The van der Waals surface area contributed by atoms with Crippen LogP contribution in [0.2, 0.25) is 0 Å². The Bertz CT molecular complexity index is 330. The number of nitrogens with two attached hydrogens (primary N) is 1. The third kappa shape index (κ3) is 4.82. The second-order valence-corrected chi connectivity index (χ2v) is 4.35. The van der Waals surface area contributed by atoms with Crippen LogP contribution in [0.1, 0.15) is 26.3 Å². The average molecular weight is 219 g/mol. The Labute approximate surface area is 97.8 Å². The molecule has 0 aliphatic heterocycles. The van der Waals surface area contributed by atoms with E-state index in [0.717, 1.165) is 6.42 Å². The molecule has 0 aliphatic carbocycles. The molecule has 0 saturated carbocycles. The molecule has 1 unspecified atom stereocenters. The first-order chi connectivity index (χ1) is 7.58. The van der Waals surface area contributed by atoms with E-state index in [9.17, 15) is 0 Å². The van der Waals surface area contributed by atoms with Crippen molar-refractivity contribution >= 4 is 5.96 Å². The Morgan fingerprint density at radius 3 is 2.44 bits per heavy atom. The molecule has 88 valence electrons. The van der Waals surface area contributed by atoms with Gasteiger partial charge in [-0.3, -0.25) is 4.99 Å². The summed E-state index contributed by atoms with van der Waals surface area (Å²) in [4.78, 5) is 4.40. The van der Waals surface area contributed by atoms with Crippen LogP contribution in [0.25, 0.3) is 0 Å². The van der Waals surface area contributed by atoms with Gasteiger partial charge in [0, 0.05) is 6.04 Å². The van der Waals surface area contributed by atoms with Crippen molar-refractivity contribution in [2.45, 2.75) is 39.3 Å². The van der Waals surface area contributed by atoms with Crippen LogP contribution in [0, 0.1) is 0 Å². The Morgan fingerprint density at radius 1 is 1.25 bits per heavy atom. The minimum Gasteiger partial charge on any atom is -0.370 e. The molecule has 0 fully saturated rings. The second-order valence-electron chi connectivity index (χ2n) is 4.35. The Kier molecular flexibility index (Phi) is 4.83. The molecular formula is C13H21N3. The molecule has 1 atom stereocenters. The highest BCUT2D eigenvalue weighted by atomic mass is 15.1. The number of rotatable bonds is 4. The maximum Gasteiger partial charge on any atom is 0.189 e. The van der Waals surface area contributed by atoms with E-state index < -0.39 is 0 Å². The first-order valence-corrected chi connectivity index (χ1v) is 5.71. The van der Waals surface area contributed by atoms with E-state index >= 15 is 0 Å². The average Bonchev–Trinajstić information content (AvgIpc) is 2.17. The standard InChI is InChI=1S/C13H21N3/c1-10(2)15-13(14)16-11(3)9-12-7-5-4-6-8-12/h4-8,10-11H,9H2,1-3H3,(H3,14,15,16). The van der Waals surface area contributed by atoms with Crippen LogP contribution in [0.3, 0.4) is 0 Å². The highest BCUT2D eigenvalue weighted by Crippen LogP contribution is 2.04. The predicted octanol–water partition coefficient (Wildman–Crippen LogP) is 1.93. The minimum atomic E-state index is 0.202. The quantitative estimate of drug-likeness (QED) is 0.600. The molecular weight excluding hydrogens is 198 g/mol. The van der Waals surface area contributed by atoms with Crippen molar-refractivity contribution in [3.63, 3.8) is 0 Å². The van der Waals surface area contributed by atoms with Crippen molar-refractivity contribution in [2.75, 3.05) is 0 Å². The zero-order valence-corrected chi connectivity index (χ0v) is 10.3. The normalized spacial score (nSPS) is 13.9. The monoisotopic (exact) mass is 219 g/mol. The Morgan fingerprint density at radius 2 is 1.88 bits per heavy atom. The lowest BCUT2D eigenvalue weighted by atomic mass is 10.1. The summed E-state index contributed by atoms with van der Waals surface area (Å²) >= 11 is 0. The number of nitrogens with zero attached hydrogens (tertiary/aromatic N) is 1. The maximum atomic E-state index is 5.77. The topological polar surface area (TPSA) is 50.4 Å². The summed E-state index contributed by atoms with van der Waals surface area (Å²) in [6, 6.07) is 10.9. The Balaban J connectivity index is 2.50. The van der Waals surface area contributed by atoms with E-state index in [2.05, 4.69) is 29.4 Å². The maximum absolute atomic E-state index is 5.77. The number of hydrogen-bond donors (Lipinski definition) is 2. The van der Waals surface area contributed by atoms with Crippen LogP contribution in [0.15, 0.2) is 35.3 Å². The molecule has 3 nitrogen and oxygen atoms in total. The molecule has 1 aromatic carbocycles. The molecule has 3 heteroatoms. The molecule has 0 heterocycles. The molecule has 0 saturated heterocycles. The summed E-state index contributed by atoms with van der Waals surface area (Å²) in [5, 5.41) is 3.09. The summed E-state index contributed by atoms with van der Waals surface area (Å²) in [5.74, 6) is 0.526. The van der Waals surface area contributed by atoms with Crippen molar-refractivity contribution in [2.24, 2.45) is 10.7 Å².